The smallest absolute Gasteiger partial charge is 0.143 e. The number of para-hydroxylation sites is 1. The molecule has 0 amide bonds. The van der Waals surface area contributed by atoms with Crippen molar-refractivity contribution in [2.45, 2.75) is 32.5 Å². The maximum atomic E-state index is 10.8. The van der Waals surface area contributed by atoms with E-state index in [1.807, 2.05) is 26.8 Å². The topological polar surface area (TPSA) is 69.9 Å². The molecule has 2 aromatic rings. The van der Waals surface area contributed by atoms with Crippen molar-refractivity contribution in [1.82, 2.24) is 0 Å². The molecule has 2 unspecified atom stereocenters. The molecule has 0 bridgehead atoms. The van der Waals surface area contributed by atoms with Gasteiger partial charge < -0.3 is 20.1 Å². The third kappa shape index (κ3) is 1.87. The van der Waals surface area contributed by atoms with Crippen molar-refractivity contribution in [1.29, 1.82) is 0 Å². The second-order valence-corrected chi connectivity index (χ2v) is 6.50. The molecule has 0 saturated carbocycles. The van der Waals surface area contributed by atoms with Gasteiger partial charge in [0, 0.05) is 22.6 Å². The molecule has 2 atom stereocenters. The second-order valence-electron chi connectivity index (χ2n) is 6.50. The van der Waals surface area contributed by atoms with Gasteiger partial charge in [-0.25, -0.2) is 0 Å². The van der Waals surface area contributed by atoms with Crippen LogP contribution in [0.4, 0.5) is 0 Å². The van der Waals surface area contributed by atoms with Crippen molar-refractivity contribution < 1.29 is 20.1 Å². The van der Waals surface area contributed by atoms with Gasteiger partial charge in [-0.3, -0.25) is 0 Å². The number of benzene rings is 2. The quantitative estimate of drug-likeness (QED) is 0.754. The van der Waals surface area contributed by atoms with E-state index in [9.17, 15) is 15.3 Å². The average Bonchev–Trinajstić information content (AvgIpc) is 2.45. The normalized spacial score (nSPS) is 26.1. The van der Waals surface area contributed by atoms with Crippen LogP contribution in [-0.2, 0) is 5.60 Å². The van der Waals surface area contributed by atoms with Crippen LogP contribution in [0, 0.1) is 5.41 Å². The molecule has 0 spiro atoms. The standard InChI is InChI=1S/C18H20O4/c1-17(2)16(21)12-9-8-11(19)10-15(12)22-18(17,3)13-6-4-5-7-14(13)20/h4-10,16,19-21H,1-3H3. The summed E-state index contributed by atoms with van der Waals surface area (Å²) in [5.74, 6) is 0.622. The molecule has 3 N–H and O–H groups in total. The highest BCUT2D eigenvalue weighted by Crippen LogP contribution is 2.57. The highest BCUT2D eigenvalue weighted by Gasteiger charge is 2.54. The zero-order valence-corrected chi connectivity index (χ0v) is 12.9. The lowest BCUT2D eigenvalue weighted by Crippen LogP contribution is -2.50. The van der Waals surface area contributed by atoms with Gasteiger partial charge in [-0.05, 0) is 25.1 Å². The molecule has 116 valence electrons. The molecule has 0 saturated heterocycles. The van der Waals surface area contributed by atoms with Crippen LogP contribution in [0.2, 0.25) is 0 Å². The van der Waals surface area contributed by atoms with Crippen LogP contribution >= 0.6 is 0 Å². The van der Waals surface area contributed by atoms with E-state index in [2.05, 4.69) is 0 Å². The number of aromatic hydroxyl groups is 2. The van der Waals surface area contributed by atoms with Crippen LogP contribution in [0.3, 0.4) is 0 Å². The predicted octanol–water partition coefficient (Wildman–Crippen LogP) is 3.47. The molecule has 1 aliphatic rings. The SMILES string of the molecule is CC1(c2ccccc2O)Oc2cc(O)ccc2C(O)C1(C)C. The van der Waals surface area contributed by atoms with Crippen molar-refractivity contribution in [3.63, 3.8) is 0 Å². The van der Waals surface area contributed by atoms with E-state index < -0.39 is 17.1 Å². The molecule has 3 rings (SSSR count). The molecule has 0 aliphatic carbocycles. The minimum Gasteiger partial charge on any atom is -0.508 e. The van der Waals surface area contributed by atoms with Crippen LogP contribution in [0.15, 0.2) is 42.5 Å². The molecule has 1 aliphatic heterocycles. The first-order valence-corrected chi connectivity index (χ1v) is 7.26. The van der Waals surface area contributed by atoms with Crippen LogP contribution in [0.25, 0.3) is 0 Å². The van der Waals surface area contributed by atoms with Crippen molar-refractivity contribution in [3.05, 3.63) is 53.6 Å². The Hall–Kier alpha value is -2.20. The van der Waals surface area contributed by atoms with Gasteiger partial charge in [-0.2, -0.15) is 0 Å². The summed E-state index contributed by atoms with van der Waals surface area (Å²) in [6, 6.07) is 11.7. The molecule has 0 aromatic heterocycles. The summed E-state index contributed by atoms with van der Waals surface area (Å²) in [5.41, 5.74) is -0.391. The zero-order chi connectivity index (χ0) is 16.1. The van der Waals surface area contributed by atoms with Crippen molar-refractivity contribution in [2.75, 3.05) is 0 Å². The Bertz CT molecular complexity index is 723. The first kappa shape index (κ1) is 14.7. The molecule has 0 fully saturated rings. The van der Waals surface area contributed by atoms with E-state index in [0.717, 1.165) is 0 Å². The summed E-state index contributed by atoms with van der Waals surface area (Å²) in [6.07, 6.45) is -0.790. The first-order chi connectivity index (χ1) is 10.3. The lowest BCUT2D eigenvalue weighted by molar-refractivity contribution is -0.127. The molecular weight excluding hydrogens is 280 g/mol. The summed E-state index contributed by atoms with van der Waals surface area (Å²) < 4.78 is 6.17. The van der Waals surface area contributed by atoms with Gasteiger partial charge in [0.2, 0.25) is 0 Å². The van der Waals surface area contributed by atoms with Gasteiger partial charge in [-0.15, -0.1) is 0 Å². The van der Waals surface area contributed by atoms with Gasteiger partial charge in [0.25, 0.3) is 0 Å². The number of ether oxygens (including phenoxy) is 1. The molecule has 4 nitrogen and oxygen atoms in total. The summed E-state index contributed by atoms with van der Waals surface area (Å²) in [5, 5.41) is 30.8. The summed E-state index contributed by atoms with van der Waals surface area (Å²) >= 11 is 0. The van der Waals surface area contributed by atoms with Crippen LogP contribution < -0.4 is 4.74 Å². The molecule has 22 heavy (non-hydrogen) atoms. The maximum Gasteiger partial charge on any atom is 0.143 e. The number of phenols is 2. The van der Waals surface area contributed by atoms with Crippen molar-refractivity contribution in [2.24, 2.45) is 5.41 Å². The van der Waals surface area contributed by atoms with Gasteiger partial charge in [0.1, 0.15) is 22.8 Å². The Balaban J connectivity index is 2.23. The van der Waals surface area contributed by atoms with Crippen molar-refractivity contribution >= 4 is 0 Å². The average molecular weight is 300 g/mol. The molecule has 2 aromatic carbocycles. The molecule has 4 heteroatoms. The summed E-state index contributed by atoms with van der Waals surface area (Å²) in [6.45, 7) is 5.65. The number of phenolic OH excluding ortho intramolecular Hbond substituents is 2. The van der Waals surface area contributed by atoms with E-state index in [0.29, 0.717) is 16.9 Å². The number of fused-ring (bicyclic) bond motifs is 1. The highest BCUT2D eigenvalue weighted by molar-refractivity contribution is 5.48. The number of hydrogen-bond donors (Lipinski definition) is 3. The lowest BCUT2D eigenvalue weighted by Gasteiger charge is -2.51. The van der Waals surface area contributed by atoms with E-state index in [-0.39, 0.29) is 11.5 Å². The van der Waals surface area contributed by atoms with Crippen LogP contribution in [0.5, 0.6) is 17.2 Å². The Morgan fingerprint density at radius 3 is 2.36 bits per heavy atom. The molecule has 1 heterocycles. The monoisotopic (exact) mass is 300 g/mol. The number of hydrogen-bond acceptors (Lipinski definition) is 4. The van der Waals surface area contributed by atoms with E-state index in [1.165, 1.54) is 12.1 Å². The van der Waals surface area contributed by atoms with Gasteiger partial charge >= 0.3 is 0 Å². The van der Waals surface area contributed by atoms with Gasteiger partial charge in [0.05, 0.1) is 6.10 Å². The minimum absolute atomic E-state index is 0.0743. The first-order valence-electron chi connectivity index (χ1n) is 7.26. The molecule has 0 radical (unpaired) electrons. The second kappa shape index (κ2) is 4.65. The third-order valence-corrected chi connectivity index (χ3v) is 4.94. The van der Waals surface area contributed by atoms with E-state index >= 15 is 0 Å². The van der Waals surface area contributed by atoms with Crippen LogP contribution in [0.1, 0.15) is 38.0 Å². The fourth-order valence-corrected chi connectivity index (χ4v) is 3.12. The fraction of sp³-hybridized carbons (Fsp3) is 0.333. The lowest BCUT2D eigenvalue weighted by atomic mass is 9.65. The van der Waals surface area contributed by atoms with Gasteiger partial charge in [0.15, 0.2) is 0 Å². The molecular formula is C18H20O4. The highest BCUT2D eigenvalue weighted by atomic mass is 16.5. The maximum absolute atomic E-state index is 10.8. The minimum atomic E-state index is -0.946. The number of aliphatic hydroxyl groups is 1. The Kier molecular flexibility index (Phi) is 3.11. The summed E-state index contributed by atoms with van der Waals surface area (Å²) in [4.78, 5) is 0. The van der Waals surface area contributed by atoms with E-state index in [4.69, 9.17) is 4.74 Å². The Morgan fingerprint density at radius 1 is 1.00 bits per heavy atom. The van der Waals surface area contributed by atoms with E-state index in [1.54, 1.807) is 24.3 Å². The number of rotatable bonds is 1. The Morgan fingerprint density at radius 2 is 1.68 bits per heavy atom. The third-order valence-electron chi connectivity index (χ3n) is 4.94. The van der Waals surface area contributed by atoms with Crippen LogP contribution in [-0.4, -0.2) is 15.3 Å². The Labute approximate surface area is 129 Å². The fourth-order valence-electron chi connectivity index (χ4n) is 3.12. The van der Waals surface area contributed by atoms with Crippen molar-refractivity contribution in [3.8, 4) is 17.2 Å². The largest absolute Gasteiger partial charge is 0.508 e. The zero-order valence-electron chi connectivity index (χ0n) is 12.9. The van der Waals surface area contributed by atoms with Gasteiger partial charge in [-0.1, -0.05) is 32.0 Å². The number of aliphatic hydroxyl groups excluding tert-OH is 1. The predicted molar refractivity (Wildman–Crippen MR) is 82.9 cm³/mol. The summed E-state index contributed by atoms with van der Waals surface area (Å²) in [7, 11) is 0.